The van der Waals surface area contributed by atoms with Crippen LogP contribution in [0.25, 0.3) is 0 Å². The van der Waals surface area contributed by atoms with E-state index >= 15 is 0 Å². The Labute approximate surface area is 115 Å². The summed E-state index contributed by atoms with van der Waals surface area (Å²) in [6.45, 7) is 4.58. The van der Waals surface area contributed by atoms with Crippen LogP contribution in [-0.2, 0) is 11.3 Å². The maximum atomic E-state index is 11.8. The van der Waals surface area contributed by atoms with E-state index < -0.39 is 0 Å². The number of rotatable bonds is 5. The number of nitrogens with one attached hydrogen (secondary N) is 1. The third kappa shape index (κ3) is 3.25. The maximum Gasteiger partial charge on any atom is 0.341 e. The van der Waals surface area contributed by atoms with E-state index in [1.165, 1.54) is 17.7 Å². The highest BCUT2D eigenvalue weighted by molar-refractivity contribution is 7.05. The Balaban J connectivity index is 2.12. The topological polar surface area (TPSA) is 77.0 Å². The molecule has 0 spiro atoms. The summed E-state index contributed by atoms with van der Waals surface area (Å²) in [5.41, 5.74) is 2.02. The number of hydrogen-bond donors (Lipinski definition) is 1. The molecule has 0 unspecified atom stereocenters. The van der Waals surface area contributed by atoms with Crippen molar-refractivity contribution in [2.45, 2.75) is 20.4 Å². The molecule has 0 aliphatic rings. The van der Waals surface area contributed by atoms with Crippen molar-refractivity contribution in [2.24, 2.45) is 0 Å². The Morgan fingerprint density at radius 3 is 3.05 bits per heavy atom. The van der Waals surface area contributed by atoms with Crippen molar-refractivity contribution in [3.8, 4) is 0 Å². The first-order valence-electron chi connectivity index (χ1n) is 5.85. The predicted octanol–water partition coefficient (Wildman–Crippen LogP) is 2.03. The standard InChI is InChI=1S/C12H14N4O2S/c1-3-18-12(17)9-6-13-5-4-10(9)14-7-11-8(2)15-16-19-11/h4-6H,3,7H2,1-2H3,(H,13,14). The van der Waals surface area contributed by atoms with Crippen LogP contribution in [0.3, 0.4) is 0 Å². The summed E-state index contributed by atoms with van der Waals surface area (Å²) in [5.74, 6) is -0.378. The van der Waals surface area contributed by atoms with Gasteiger partial charge in [-0.2, -0.15) is 0 Å². The monoisotopic (exact) mass is 278 g/mol. The van der Waals surface area contributed by atoms with Gasteiger partial charge in [0.15, 0.2) is 0 Å². The number of pyridine rings is 1. The fourth-order valence-electron chi connectivity index (χ4n) is 1.51. The smallest absolute Gasteiger partial charge is 0.341 e. The van der Waals surface area contributed by atoms with Crippen LogP contribution in [0.15, 0.2) is 18.5 Å². The molecule has 2 aromatic rings. The average Bonchev–Trinajstić information content (AvgIpc) is 2.82. The molecule has 19 heavy (non-hydrogen) atoms. The summed E-state index contributed by atoms with van der Waals surface area (Å²) in [4.78, 5) is 16.8. The highest BCUT2D eigenvalue weighted by atomic mass is 32.1. The second-order valence-corrected chi connectivity index (χ2v) is 4.62. The molecule has 0 radical (unpaired) electrons. The van der Waals surface area contributed by atoms with Gasteiger partial charge in [-0.25, -0.2) is 4.79 Å². The SMILES string of the molecule is CCOC(=O)c1cnccc1NCc1snnc1C. The molecule has 0 amide bonds. The first-order valence-corrected chi connectivity index (χ1v) is 6.62. The van der Waals surface area contributed by atoms with E-state index in [4.69, 9.17) is 4.74 Å². The second-order valence-electron chi connectivity index (χ2n) is 3.78. The molecule has 100 valence electrons. The highest BCUT2D eigenvalue weighted by Gasteiger charge is 2.13. The summed E-state index contributed by atoms with van der Waals surface area (Å²) in [5, 5.41) is 7.13. The molecule has 0 bridgehead atoms. The lowest BCUT2D eigenvalue weighted by atomic mass is 10.2. The lowest BCUT2D eigenvalue weighted by molar-refractivity contribution is 0.0527. The fourth-order valence-corrected chi connectivity index (χ4v) is 2.08. The summed E-state index contributed by atoms with van der Waals surface area (Å²) in [7, 11) is 0. The van der Waals surface area contributed by atoms with E-state index in [0.717, 1.165) is 10.6 Å². The van der Waals surface area contributed by atoms with Crippen molar-refractivity contribution in [1.29, 1.82) is 0 Å². The summed E-state index contributed by atoms with van der Waals surface area (Å²) >= 11 is 1.34. The zero-order valence-corrected chi connectivity index (χ0v) is 11.5. The molecule has 0 aliphatic heterocycles. The number of carbonyl (C=O) groups excluding carboxylic acids is 1. The summed E-state index contributed by atoms with van der Waals surface area (Å²) in [6, 6.07) is 1.75. The van der Waals surface area contributed by atoms with E-state index in [0.29, 0.717) is 24.4 Å². The quantitative estimate of drug-likeness (QED) is 0.843. The van der Waals surface area contributed by atoms with Crippen molar-refractivity contribution in [2.75, 3.05) is 11.9 Å². The number of nitrogens with zero attached hydrogens (tertiary/aromatic N) is 3. The zero-order chi connectivity index (χ0) is 13.7. The molecule has 0 aromatic carbocycles. The molecule has 1 N–H and O–H groups in total. The Bertz CT molecular complexity index is 570. The van der Waals surface area contributed by atoms with Gasteiger partial charge in [-0.3, -0.25) is 4.98 Å². The van der Waals surface area contributed by atoms with Gasteiger partial charge in [0.25, 0.3) is 0 Å². The van der Waals surface area contributed by atoms with Crippen LogP contribution >= 0.6 is 11.5 Å². The lowest BCUT2D eigenvalue weighted by Crippen LogP contribution is -2.10. The molecule has 2 heterocycles. The molecule has 0 fully saturated rings. The van der Waals surface area contributed by atoms with Crippen molar-refractivity contribution >= 4 is 23.2 Å². The van der Waals surface area contributed by atoms with Crippen LogP contribution in [0.5, 0.6) is 0 Å². The third-order valence-corrected chi connectivity index (χ3v) is 3.32. The van der Waals surface area contributed by atoms with Crippen LogP contribution in [0, 0.1) is 6.92 Å². The number of hydrogen-bond acceptors (Lipinski definition) is 7. The van der Waals surface area contributed by atoms with E-state index in [9.17, 15) is 4.79 Å². The number of esters is 1. The number of aromatic nitrogens is 3. The molecule has 0 saturated carbocycles. The van der Waals surface area contributed by atoms with Crippen molar-refractivity contribution in [3.63, 3.8) is 0 Å². The molecule has 2 rings (SSSR count). The van der Waals surface area contributed by atoms with E-state index in [2.05, 4.69) is 19.9 Å². The van der Waals surface area contributed by atoms with Crippen molar-refractivity contribution in [3.05, 3.63) is 34.6 Å². The molecular formula is C12H14N4O2S. The van der Waals surface area contributed by atoms with Crippen LogP contribution < -0.4 is 5.32 Å². The van der Waals surface area contributed by atoms with Crippen molar-refractivity contribution < 1.29 is 9.53 Å². The lowest BCUT2D eigenvalue weighted by Gasteiger charge is -2.09. The Kier molecular flexibility index (Phi) is 4.40. The molecule has 0 aliphatic carbocycles. The Hall–Kier alpha value is -2.02. The van der Waals surface area contributed by atoms with Gasteiger partial charge in [-0.15, -0.1) is 5.10 Å². The van der Waals surface area contributed by atoms with Crippen LogP contribution in [0.1, 0.15) is 27.9 Å². The molecular weight excluding hydrogens is 264 g/mol. The maximum absolute atomic E-state index is 11.8. The zero-order valence-electron chi connectivity index (χ0n) is 10.7. The number of ether oxygens (including phenoxy) is 1. The van der Waals surface area contributed by atoms with Crippen LogP contribution in [0.4, 0.5) is 5.69 Å². The number of carbonyl (C=O) groups is 1. The second kappa shape index (κ2) is 6.24. The Morgan fingerprint density at radius 1 is 1.53 bits per heavy atom. The van der Waals surface area contributed by atoms with Gasteiger partial charge in [-0.05, 0) is 31.4 Å². The van der Waals surface area contributed by atoms with Gasteiger partial charge in [0.05, 0.1) is 29.4 Å². The first-order chi connectivity index (χ1) is 9.22. The van der Waals surface area contributed by atoms with Gasteiger partial charge in [0.2, 0.25) is 0 Å². The number of aryl methyl sites for hydroxylation is 1. The van der Waals surface area contributed by atoms with Gasteiger partial charge < -0.3 is 10.1 Å². The summed E-state index contributed by atoms with van der Waals surface area (Å²) in [6.07, 6.45) is 3.13. The van der Waals surface area contributed by atoms with Crippen molar-refractivity contribution in [1.82, 2.24) is 14.6 Å². The van der Waals surface area contributed by atoms with Crippen LogP contribution in [0.2, 0.25) is 0 Å². The average molecular weight is 278 g/mol. The van der Waals surface area contributed by atoms with E-state index in [1.807, 2.05) is 6.92 Å². The van der Waals surface area contributed by atoms with Gasteiger partial charge in [0, 0.05) is 12.4 Å². The van der Waals surface area contributed by atoms with Gasteiger partial charge >= 0.3 is 5.97 Å². The van der Waals surface area contributed by atoms with Gasteiger partial charge in [0.1, 0.15) is 5.56 Å². The Morgan fingerprint density at radius 2 is 2.37 bits per heavy atom. The normalized spacial score (nSPS) is 10.2. The third-order valence-electron chi connectivity index (χ3n) is 2.50. The van der Waals surface area contributed by atoms with Crippen LogP contribution in [-0.4, -0.2) is 27.1 Å². The fraction of sp³-hybridized carbons (Fsp3) is 0.333. The first kappa shape index (κ1) is 13.4. The van der Waals surface area contributed by atoms with E-state index in [1.54, 1.807) is 19.2 Å². The predicted molar refractivity (Wildman–Crippen MR) is 72.2 cm³/mol. The highest BCUT2D eigenvalue weighted by Crippen LogP contribution is 2.17. The molecule has 7 heteroatoms. The summed E-state index contributed by atoms with van der Waals surface area (Å²) < 4.78 is 8.86. The molecule has 0 saturated heterocycles. The number of anilines is 1. The molecule has 0 atom stereocenters. The minimum atomic E-state index is -0.378. The minimum absolute atomic E-state index is 0.338. The molecule has 6 nitrogen and oxygen atoms in total. The minimum Gasteiger partial charge on any atom is -0.462 e. The van der Waals surface area contributed by atoms with E-state index in [-0.39, 0.29) is 5.97 Å². The largest absolute Gasteiger partial charge is 0.462 e. The molecule has 2 aromatic heterocycles. The van der Waals surface area contributed by atoms with Gasteiger partial charge in [-0.1, -0.05) is 4.49 Å².